The van der Waals surface area contributed by atoms with E-state index >= 15 is 0 Å². The smallest absolute Gasteiger partial charge is 0.159 e. The number of hydrogen-bond donors (Lipinski definition) is 1. The van der Waals surface area contributed by atoms with E-state index in [1.165, 1.54) is 5.56 Å². The van der Waals surface area contributed by atoms with Crippen molar-refractivity contribution in [3.8, 4) is 5.82 Å². The van der Waals surface area contributed by atoms with E-state index in [4.69, 9.17) is 0 Å². The fraction of sp³-hybridized carbons (Fsp3) is 0.235. The number of nitrogens with zero attached hydrogens (tertiary/aromatic N) is 4. The minimum atomic E-state index is 0.171. The molecule has 0 aliphatic rings. The first-order valence-corrected chi connectivity index (χ1v) is 7.30. The summed E-state index contributed by atoms with van der Waals surface area (Å²) in [6.45, 7) is 6.10. The third-order valence-electron chi connectivity index (χ3n) is 3.54. The molecule has 0 spiro atoms. The van der Waals surface area contributed by atoms with Gasteiger partial charge in [0.15, 0.2) is 5.82 Å². The molecule has 2 heterocycles. The van der Waals surface area contributed by atoms with Crippen LogP contribution >= 0.6 is 0 Å². The molecule has 1 aromatic carbocycles. The van der Waals surface area contributed by atoms with Gasteiger partial charge in [-0.1, -0.05) is 30.3 Å². The number of anilines is 1. The second-order valence-electron chi connectivity index (χ2n) is 5.38. The summed E-state index contributed by atoms with van der Waals surface area (Å²) in [5.41, 5.74) is 3.25. The SMILES string of the molecule is Cc1cc(C)n(-c2cc(NC(C)c3ccccc3)ncn2)n1. The van der Waals surface area contributed by atoms with Crippen molar-refractivity contribution in [2.45, 2.75) is 26.8 Å². The van der Waals surface area contributed by atoms with Crippen molar-refractivity contribution in [1.82, 2.24) is 19.7 Å². The van der Waals surface area contributed by atoms with E-state index in [-0.39, 0.29) is 6.04 Å². The van der Waals surface area contributed by atoms with Crippen LogP contribution in [0.4, 0.5) is 5.82 Å². The highest BCUT2D eigenvalue weighted by molar-refractivity contribution is 5.43. The Morgan fingerprint density at radius 2 is 1.82 bits per heavy atom. The molecule has 112 valence electrons. The molecule has 0 saturated heterocycles. The van der Waals surface area contributed by atoms with E-state index in [9.17, 15) is 0 Å². The standard InChI is InChI=1S/C17H19N5/c1-12-9-13(2)22(21-12)17-10-16(18-11-19-17)20-14(3)15-7-5-4-6-8-15/h4-11,14H,1-3H3,(H,18,19,20). The number of aryl methyl sites for hydroxylation is 2. The Kier molecular flexibility index (Phi) is 3.87. The number of nitrogens with one attached hydrogen (secondary N) is 1. The van der Waals surface area contributed by atoms with Gasteiger partial charge in [-0.25, -0.2) is 14.6 Å². The summed E-state index contributed by atoms with van der Waals surface area (Å²) >= 11 is 0. The molecule has 5 heteroatoms. The Hall–Kier alpha value is -2.69. The lowest BCUT2D eigenvalue weighted by Crippen LogP contribution is -2.09. The molecular weight excluding hydrogens is 274 g/mol. The predicted octanol–water partition coefficient (Wildman–Crippen LogP) is 3.45. The molecule has 5 nitrogen and oxygen atoms in total. The first-order valence-electron chi connectivity index (χ1n) is 7.30. The summed E-state index contributed by atoms with van der Waals surface area (Å²) in [6.07, 6.45) is 1.56. The van der Waals surface area contributed by atoms with Crippen LogP contribution in [0.25, 0.3) is 5.82 Å². The fourth-order valence-electron chi connectivity index (χ4n) is 2.45. The highest BCUT2D eigenvalue weighted by atomic mass is 15.3. The van der Waals surface area contributed by atoms with Crippen molar-refractivity contribution in [2.24, 2.45) is 0 Å². The zero-order valence-corrected chi connectivity index (χ0v) is 13.0. The molecule has 22 heavy (non-hydrogen) atoms. The van der Waals surface area contributed by atoms with Gasteiger partial charge in [-0.05, 0) is 32.4 Å². The van der Waals surface area contributed by atoms with Crippen LogP contribution in [0.5, 0.6) is 0 Å². The third kappa shape index (κ3) is 2.98. The summed E-state index contributed by atoms with van der Waals surface area (Å²) < 4.78 is 1.83. The molecule has 3 aromatic rings. The molecule has 2 aromatic heterocycles. The Bertz CT molecular complexity index is 764. The highest BCUT2D eigenvalue weighted by Crippen LogP contribution is 2.19. The lowest BCUT2D eigenvalue weighted by molar-refractivity contribution is 0.797. The first-order chi connectivity index (χ1) is 10.6. The van der Waals surface area contributed by atoms with Gasteiger partial charge in [0, 0.05) is 17.8 Å². The van der Waals surface area contributed by atoms with E-state index in [2.05, 4.69) is 39.4 Å². The first kappa shape index (κ1) is 14.3. The summed E-state index contributed by atoms with van der Waals surface area (Å²) in [4.78, 5) is 8.62. The van der Waals surface area contributed by atoms with E-state index in [0.717, 1.165) is 23.0 Å². The number of hydrogen-bond acceptors (Lipinski definition) is 4. The van der Waals surface area contributed by atoms with Crippen LogP contribution in [0, 0.1) is 13.8 Å². The van der Waals surface area contributed by atoms with Gasteiger partial charge in [-0.3, -0.25) is 0 Å². The number of rotatable bonds is 4. The largest absolute Gasteiger partial charge is 0.363 e. The molecule has 0 amide bonds. The maximum absolute atomic E-state index is 4.46. The summed E-state index contributed by atoms with van der Waals surface area (Å²) in [5, 5.41) is 7.86. The average molecular weight is 293 g/mol. The second-order valence-corrected chi connectivity index (χ2v) is 5.38. The topological polar surface area (TPSA) is 55.6 Å². The van der Waals surface area contributed by atoms with Gasteiger partial charge >= 0.3 is 0 Å². The van der Waals surface area contributed by atoms with Crippen molar-refractivity contribution < 1.29 is 0 Å². The van der Waals surface area contributed by atoms with Crippen molar-refractivity contribution >= 4 is 5.82 Å². The highest BCUT2D eigenvalue weighted by Gasteiger charge is 2.09. The van der Waals surface area contributed by atoms with E-state index in [1.807, 2.05) is 48.9 Å². The molecule has 1 N–H and O–H groups in total. The van der Waals surface area contributed by atoms with Crippen molar-refractivity contribution in [1.29, 1.82) is 0 Å². The van der Waals surface area contributed by atoms with E-state index in [1.54, 1.807) is 6.33 Å². The maximum Gasteiger partial charge on any atom is 0.159 e. The molecule has 3 rings (SSSR count). The molecule has 0 aliphatic carbocycles. The van der Waals surface area contributed by atoms with Crippen LogP contribution in [0.1, 0.15) is 29.9 Å². The van der Waals surface area contributed by atoms with Crippen LogP contribution in [0.2, 0.25) is 0 Å². The third-order valence-corrected chi connectivity index (χ3v) is 3.54. The minimum absolute atomic E-state index is 0.171. The molecule has 0 bridgehead atoms. The van der Waals surface area contributed by atoms with Gasteiger partial charge < -0.3 is 5.32 Å². The Morgan fingerprint density at radius 1 is 1.05 bits per heavy atom. The van der Waals surface area contributed by atoms with Gasteiger partial charge in [0.1, 0.15) is 12.1 Å². The van der Waals surface area contributed by atoms with Gasteiger partial charge in [0.2, 0.25) is 0 Å². The fourth-order valence-corrected chi connectivity index (χ4v) is 2.45. The van der Waals surface area contributed by atoms with Gasteiger partial charge in [-0.2, -0.15) is 5.10 Å². The molecular formula is C17H19N5. The van der Waals surface area contributed by atoms with Gasteiger partial charge in [0.05, 0.1) is 5.69 Å². The maximum atomic E-state index is 4.46. The normalized spacial score (nSPS) is 12.1. The van der Waals surface area contributed by atoms with Crippen LogP contribution in [-0.2, 0) is 0 Å². The number of aromatic nitrogens is 4. The summed E-state index contributed by atoms with van der Waals surface area (Å²) in [7, 11) is 0. The molecule has 0 aliphatic heterocycles. The monoisotopic (exact) mass is 293 g/mol. The lowest BCUT2D eigenvalue weighted by atomic mass is 10.1. The quantitative estimate of drug-likeness (QED) is 0.800. The van der Waals surface area contributed by atoms with E-state index < -0.39 is 0 Å². The molecule has 1 unspecified atom stereocenters. The predicted molar refractivity (Wildman–Crippen MR) is 87.1 cm³/mol. The Balaban J connectivity index is 1.84. The van der Waals surface area contributed by atoms with Crippen molar-refractivity contribution in [3.63, 3.8) is 0 Å². The molecule has 0 saturated carbocycles. The lowest BCUT2D eigenvalue weighted by Gasteiger charge is -2.15. The number of benzene rings is 1. The van der Waals surface area contributed by atoms with Crippen LogP contribution in [-0.4, -0.2) is 19.7 Å². The van der Waals surface area contributed by atoms with Crippen LogP contribution in [0.15, 0.2) is 48.8 Å². The average Bonchev–Trinajstić information content (AvgIpc) is 2.87. The Morgan fingerprint density at radius 3 is 2.50 bits per heavy atom. The van der Waals surface area contributed by atoms with Crippen molar-refractivity contribution in [3.05, 3.63) is 65.7 Å². The van der Waals surface area contributed by atoms with Crippen LogP contribution in [0.3, 0.4) is 0 Å². The molecule has 0 fully saturated rings. The second kappa shape index (κ2) is 5.97. The van der Waals surface area contributed by atoms with Gasteiger partial charge in [-0.15, -0.1) is 0 Å². The minimum Gasteiger partial charge on any atom is -0.363 e. The van der Waals surface area contributed by atoms with Crippen molar-refractivity contribution in [2.75, 3.05) is 5.32 Å². The zero-order valence-electron chi connectivity index (χ0n) is 13.0. The van der Waals surface area contributed by atoms with Crippen LogP contribution < -0.4 is 5.32 Å². The summed E-state index contributed by atoms with van der Waals surface area (Å²) in [6, 6.07) is 14.4. The molecule has 0 radical (unpaired) electrons. The Labute approximate surface area is 130 Å². The molecule has 1 atom stereocenters. The van der Waals surface area contributed by atoms with E-state index in [0.29, 0.717) is 0 Å². The zero-order chi connectivity index (χ0) is 15.5. The summed E-state index contributed by atoms with van der Waals surface area (Å²) in [5.74, 6) is 1.55. The van der Waals surface area contributed by atoms with Gasteiger partial charge in [0.25, 0.3) is 0 Å².